The number of hydrogen-bond donors (Lipinski definition) is 1. The van der Waals surface area contributed by atoms with E-state index >= 15 is 0 Å². The van der Waals surface area contributed by atoms with Gasteiger partial charge < -0.3 is 15.0 Å². The third-order valence-corrected chi connectivity index (χ3v) is 8.91. The van der Waals surface area contributed by atoms with E-state index in [0.29, 0.717) is 39.1 Å². The Labute approximate surface area is 225 Å². The van der Waals surface area contributed by atoms with Crippen molar-refractivity contribution in [3.05, 3.63) is 65.7 Å². The van der Waals surface area contributed by atoms with Gasteiger partial charge in [-0.05, 0) is 51.1 Å². The van der Waals surface area contributed by atoms with Crippen LogP contribution < -0.4 is 9.62 Å². The van der Waals surface area contributed by atoms with Crippen molar-refractivity contribution < 1.29 is 22.7 Å². The molecule has 0 aromatic heterocycles. The number of benzene rings is 2. The molecular formula is C28H38N4O5S. The highest BCUT2D eigenvalue weighted by Crippen LogP contribution is 2.47. The first kappa shape index (κ1) is 28.1. The van der Waals surface area contributed by atoms with E-state index in [4.69, 9.17) is 4.74 Å². The molecule has 1 N–H and O–H groups in total. The van der Waals surface area contributed by atoms with E-state index in [2.05, 4.69) is 5.32 Å². The number of likely N-dealkylation sites (N-methyl/N-ethyl adjacent to an activating group) is 1. The van der Waals surface area contributed by atoms with Crippen LogP contribution in [0.1, 0.15) is 30.9 Å². The summed E-state index contributed by atoms with van der Waals surface area (Å²) >= 11 is 0. The third-order valence-electron chi connectivity index (χ3n) is 7.79. The minimum absolute atomic E-state index is 0.0615. The van der Waals surface area contributed by atoms with E-state index < -0.39 is 22.1 Å². The van der Waals surface area contributed by atoms with Crippen LogP contribution in [0.4, 0.5) is 5.69 Å². The number of nitrogens with zero attached hydrogens (tertiary/aromatic N) is 3. The Morgan fingerprint density at radius 1 is 1.05 bits per heavy atom. The zero-order valence-corrected chi connectivity index (χ0v) is 23.4. The lowest BCUT2D eigenvalue weighted by atomic mass is 9.74. The van der Waals surface area contributed by atoms with Crippen LogP contribution in [0.25, 0.3) is 0 Å². The van der Waals surface area contributed by atoms with Gasteiger partial charge in [-0.2, -0.15) is 0 Å². The van der Waals surface area contributed by atoms with Crippen LogP contribution >= 0.6 is 0 Å². The number of hydrogen-bond acceptors (Lipinski definition) is 6. The number of para-hydroxylation sites is 1. The molecule has 1 fully saturated rings. The Bertz CT molecular complexity index is 1240. The lowest BCUT2D eigenvalue weighted by molar-refractivity contribution is -0.140. The van der Waals surface area contributed by atoms with Crippen LogP contribution in [0, 0.1) is 0 Å². The van der Waals surface area contributed by atoms with Crippen LogP contribution in [0.5, 0.6) is 0 Å². The topological polar surface area (TPSA) is 99.3 Å². The summed E-state index contributed by atoms with van der Waals surface area (Å²) < 4.78 is 32.4. The van der Waals surface area contributed by atoms with Gasteiger partial charge in [0.1, 0.15) is 6.04 Å². The summed E-state index contributed by atoms with van der Waals surface area (Å²) in [6.07, 6.45) is 2.52. The molecule has 0 bridgehead atoms. The highest BCUT2D eigenvalue weighted by molar-refractivity contribution is 7.92. The van der Waals surface area contributed by atoms with Crippen molar-refractivity contribution in [2.75, 3.05) is 50.9 Å². The molecule has 206 valence electrons. The molecule has 0 aliphatic carbocycles. The normalized spacial score (nSPS) is 18.3. The van der Waals surface area contributed by atoms with Crippen LogP contribution in [-0.4, -0.2) is 88.7 Å². The Balaban J connectivity index is 1.46. The Morgan fingerprint density at radius 3 is 2.32 bits per heavy atom. The van der Waals surface area contributed by atoms with Gasteiger partial charge in [0.05, 0.1) is 31.2 Å². The number of amides is 2. The molecule has 0 saturated carbocycles. The van der Waals surface area contributed by atoms with Crippen molar-refractivity contribution in [3.63, 3.8) is 0 Å². The van der Waals surface area contributed by atoms with Crippen LogP contribution in [0.15, 0.2) is 54.6 Å². The molecule has 2 aromatic carbocycles. The van der Waals surface area contributed by atoms with Crippen molar-refractivity contribution in [3.8, 4) is 0 Å². The van der Waals surface area contributed by atoms with Crippen LogP contribution in [0.2, 0.25) is 0 Å². The summed E-state index contributed by atoms with van der Waals surface area (Å²) in [6.45, 7) is 3.51. The number of anilines is 1. The summed E-state index contributed by atoms with van der Waals surface area (Å²) in [5.74, 6) is -0.419. The zero-order valence-electron chi connectivity index (χ0n) is 22.6. The SMILES string of the molecule is C[C@@H](C(=O)N[C@H](COCc1ccccc1)C(=O)N1CCC2(CC1)CN(S(C)(=O)=O)c1ccccc12)N(C)C. The highest BCUT2D eigenvalue weighted by Gasteiger charge is 2.47. The molecular weight excluding hydrogens is 504 g/mol. The van der Waals surface area contributed by atoms with E-state index in [1.165, 1.54) is 10.6 Å². The average Bonchev–Trinajstić information content (AvgIpc) is 3.22. The summed E-state index contributed by atoms with van der Waals surface area (Å²) in [5, 5.41) is 2.90. The smallest absolute Gasteiger partial charge is 0.247 e. The van der Waals surface area contributed by atoms with Crippen molar-refractivity contribution in [2.24, 2.45) is 0 Å². The fourth-order valence-corrected chi connectivity index (χ4v) is 6.25. The summed E-state index contributed by atoms with van der Waals surface area (Å²) in [4.78, 5) is 30.1. The molecule has 2 aromatic rings. The second kappa shape index (κ2) is 11.4. The fourth-order valence-electron chi connectivity index (χ4n) is 5.25. The van der Waals surface area contributed by atoms with Gasteiger partial charge in [0, 0.05) is 25.0 Å². The van der Waals surface area contributed by atoms with E-state index in [1.807, 2.05) is 68.7 Å². The van der Waals surface area contributed by atoms with Crippen molar-refractivity contribution in [1.29, 1.82) is 0 Å². The van der Waals surface area contributed by atoms with Gasteiger partial charge in [-0.3, -0.25) is 18.8 Å². The van der Waals surface area contributed by atoms with Gasteiger partial charge >= 0.3 is 0 Å². The third kappa shape index (κ3) is 6.03. The van der Waals surface area contributed by atoms with Crippen LogP contribution in [-0.2, 0) is 36.4 Å². The average molecular weight is 543 g/mol. The monoisotopic (exact) mass is 542 g/mol. The molecule has 4 rings (SSSR count). The minimum atomic E-state index is -3.41. The molecule has 0 radical (unpaired) electrons. The van der Waals surface area contributed by atoms with Crippen molar-refractivity contribution >= 4 is 27.5 Å². The van der Waals surface area contributed by atoms with E-state index in [0.717, 1.165) is 16.8 Å². The maximum absolute atomic E-state index is 13.7. The Hall–Kier alpha value is -2.95. The molecule has 1 spiro atoms. The van der Waals surface area contributed by atoms with Gasteiger partial charge in [0.25, 0.3) is 0 Å². The van der Waals surface area contributed by atoms with Gasteiger partial charge in [-0.1, -0.05) is 48.5 Å². The molecule has 2 aliphatic rings. The fraction of sp³-hybridized carbons (Fsp3) is 0.500. The molecule has 2 aliphatic heterocycles. The first-order valence-electron chi connectivity index (χ1n) is 13.0. The molecule has 2 amide bonds. The summed E-state index contributed by atoms with van der Waals surface area (Å²) in [6, 6.07) is 16.1. The Morgan fingerprint density at radius 2 is 1.68 bits per heavy atom. The highest BCUT2D eigenvalue weighted by atomic mass is 32.2. The standard InChI is InChI=1S/C28H38N4O5S/c1-21(30(2)3)26(33)29-24(19-37-18-22-10-6-5-7-11-22)27(34)31-16-14-28(15-17-31)20-32(38(4,35)36)25-13-9-8-12-23(25)28/h5-13,21,24H,14-20H2,1-4H3,(H,29,33)/t21-,24+/m0/s1. The van der Waals surface area contributed by atoms with Gasteiger partial charge in [-0.15, -0.1) is 0 Å². The molecule has 2 heterocycles. The predicted molar refractivity (Wildman–Crippen MR) is 147 cm³/mol. The number of rotatable bonds is 9. The molecule has 10 heteroatoms. The van der Waals surface area contributed by atoms with Crippen LogP contribution in [0.3, 0.4) is 0 Å². The second-order valence-corrected chi connectivity index (χ2v) is 12.5. The van der Waals surface area contributed by atoms with Gasteiger partial charge in [0.15, 0.2) is 0 Å². The zero-order chi connectivity index (χ0) is 27.5. The largest absolute Gasteiger partial charge is 0.374 e. The molecule has 2 atom stereocenters. The number of ether oxygens (including phenoxy) is 1. The first-order chi connectivity index (χ1) is 18.0. The molecule has 38 heavy (non-hydrogen) atoms. The molecule has 1 saturated heterocycles. The van der Waals surface area contributed by atoms with Gasteiger partial charge in [0.2, 0.25) is 21.8 Å². The van der Waals surface area contributed by atoms with E-state index in [9.17, 15) is 18.0 Å². The quantitative estimate of drug-likeness (QED) is 0.520. The van der Waals surface area contributed by atoms with E-state index in [-0.39, 0.29) is 23.8 Å². The minimum Gasteiger partial charge on any atom is -0.374 e. The first-order valence-corrected chi connectivity index (χ1v) is 14.8. The number of nitrogens with one attached hydrogen (secondary N) is 1. The number of piperidine rings is 1. The summed E-state index contributed by atoms with van der Waals surface area (Å²) in [5.41, 5.74) is 2.40. The number of likely N-dealkylation sites (tertiary alicyclic amines) is 1. The lowest BCUT2D eigenvalue weighted by Gasteiger charge is -2.41. The summed E-state index contributed by atoms with van der Waals surface area (Å²) in [7, 11) is 0.220. The number of fused-ring (bicyclic) bond motifs is 2. The van der Waals surface area contributed by atoms with E-state index in [1.54, 1.807) is 16.7 Å². The van der Waals surface area contributed by atoms with Gasteiger partial charge in [-0.25, -0.2) is 8.42 Å². The maximum atomic E-state index is 13.7. The lowest BCUT2D eigenvalue weighted by Crippen LogP contribution is -2.57. The Kier molecular flexibility index (Phi) is 8.44. The molecule has 0 unspecified atom stereocenters. The predicted octanol–water partition coefficient (Wildman–Crippen LogP) is 1.98. The number of carbonyl (C=O) groups excluding carboxylic acids is 2. The number of carbonyl (C=O) groups is 2. The molecule has 9 nitrogen and oxygen atoms in total. The maximum Gasteiger partial charge on any atom is 0.247 e. The van der Waals surface area contributed by atoms with Crippen molar-refractivity contribution in [2.45, 2.75) is 43.9 Å². The van der Waals surface area contributed by atoms with Crippen molar-refractivity contribution in [1.82, 2.24) is 15.1 Å². The number of sulfonamides is 1. The second-order valence-electron chi connectivity index (χ2n) is 10.6.